The van der Waals surface area contributed by atoms with E-state index in [-0.39, 0.29) is 30.1 Å². The van der Waals surface area contributed by atoms with Gasteiger partial charge in [-0.15, -0.1) is 12.4 Å². The Morgan fingerprint density at radius 1 is 1.07 bits per heavy atom. The van der Waals surface area contributed by atoms with E-state index in [0.29, 0.717) is 36.5 Å². The molecule has 1 amide bonds. The lowest BCUT2D eigenvalue weighted by Gasteiger charge is -2.30. The molecule has 1 saturated carbocycles. The number of amides is 1. The van der Waals surface area contributed by atoms with Crippen LogP contribution in [0.1, 0.15) is 41.6 Å². The summed E-state index contributed by atoms with van der Waals surface area (Å²) in [6.07, 6.45) is 4.72. The maximum Gasteiger partial charge on any atom is 0.251 e. The number of carbonyl (C=O) groups is 1. The summed E-state index contributed by atoms with van der Waals surface area (Å²) in [5.74, 6) is -4.24. The summed E-state index contributed by atoms with van der Waals surface area (Å²) in [6.45, 7) is 1.89. The topological polar surface area (TPSA) is 80.0 Å². The zero-order chi connectivity index (χ0) is 19.6. The van der Waals surface area contributed by atoms with Crippen molar-refractivity contribution >= 4 is 29.8 Å². The number of aromatic nitrogens is 1. The molecule has 28 heavy (non-hydrogen) atoms. The van der Waals surface area contributed by atoms with Crippen LogP contribution in [0.3, 0.4) is 0 Å². The van der Waals surface area contributed by atoms with Crippen LogP contribution < -0.4 is 16.4 Å². The predicted molar refractivity (Wildman–Crippen MR) is 104 cm³/mol. The number of carbonyl (C=O) groups excluding carboxylic acids is 1. The Kier molecular flexibility index (Phi) is 7.12. The maximum atomic E-state index is 13.3. The summed E-state index contributed by atoms with van der Waals surface area (Å²) in [6, 6.07) is 3.29. The van der Waals surface area contributed by atoms with Crippen molar-refractivity contribution in [1.82, 2.24) is 10.3 Å². The van der Waals surface area contributed by atoms with Gasteiger partial charge in [-0.2, -0.15) is 0 Å². The second-order valence-electron chi connectivity index (χ2n) is 6.85. The van der Waals surface area contributed by atoms with Crippen LogP contribution >= 0.6 is 12.4 Å². The molecule has 1 aliphatic rings. The summed E-state index contributed by atoms with van der Waals surface area (Å²) < 4.78 is 39.5. The minimum absolute atomic E-state index is 0. The van der Waals surface area contributed by atoms with E-state index in [1.54, 1.807) is 12.3 Å². The van der Waals surface area contributed by atoms with E-state index < -0.39 is 23.4 Å². The molecule has 4 N–H and O–H groups in total. The summed E-state index contributed by atoms with van der Waals surface area (Å²) >= 11 is 0. The fraction of sp³-hybridized carbons (Fsp3) is 0.368. The van der Waals surface area contributed by atoms with Gasteiger partial charge in [0, 0.05) is 35.6 Å². The quantitative estimate of drug-likeness (QED) is 0.661. The van der Waals surface area contributed by atoms with Crippen LogP contribution in [-0.2, 0) is 0 Å². The molecule has 0 radical (unpaired) electrons. The number of hydrogen-bond donors (Lipinski definition) is 3. The monoisotopic (exact) mass is 414 g/mol. The maximum absolute atomic E-state index is 13.3. The van der Waals surface area contributed by atoms with Crippen molar-refractivity contribution in [2.75, 3.05) is 11.1 Å². The van der Waals surface area contributed by atoms with Gasteiger partial charge in [-0.25, -0.2) is 18.2 Å². The number of nitrogens with two attached hydrogens (primary N) is 1. The van der Waals surface area contributed by atoms with E-state index >= 15 is 0 Å². The molecule has 1 aromatic heterocycles. The lowest BCUT2D eigenvalue weighted by molar-refractivity contribution is 0.0925. The minimum atomic E-state index is -1.58. The molecule has 1 heterocycles. The number of nitrogens with zero attached hydrogens (tertiary/aromatic N) is 1. The van der Waals surface area contributed by atoms with Crippen molar-refractivity contribution in [1.29, 1.82) is 0 Å². The van der Waals surface area contributed by atoms with Gasteiger partial charge in [0.05, 0.1) is 0 Å². The molecule has 0 spiro atoms. The van der Waals surface area contributed by atoms with E-state index in [0.717, 1.165) is 18.4 Å². The van der Waals surface area contributed by atoms with Gasteiger partial charge < -0.3 is 16.4 Å². The lowest BCUT2D eigenvalue weighted by Crippen LogP contribution is -2.40. The standard InChI is InChI=1S/C19H21F3N4O.ClH/c1-10-9-24-17(8-16(10)23)25-12-2-4-13(5-3-12)26-19(27)11-6-14(20)18(22)15(21)7-11;/h6-9,12-13H,2-5H2,1H3,(H,26,27)(H3,23,24,25);1H. The highest BCUT2D eigenvalue weighted by Crippen LogP contribution is 2.23. The lowest BCUT2D eigenvalue weighted by atomic mass is 9.91. The number of aryl methyl sites for hydroxylation is 1. The normalized spacial score (nSPS) is 18.9. The van der Waals surface area contributed by atoms with E-state index in [2.05, 4.69) is 15.6 Å². The van der Waals surface area contributed by atoms with Crippen molar-refractivity contribution in [2.45, 2.75) is 44.7 Å². The molecular weight excluding hydrogens is 393 g/mol. The highest BCUT2D eigenvalue weighted by atomic mass is 35.5. The zero-order valence-corrected chi connectivity index (χ0v) is 16.1. The first-order valence-corrected chi connectivity index (χ1v) is 8.77. The van der Waals surface area contributed by atoms with Gasteiger partial charge in [-0.1, -0.05) is 0 Å². The Balaban J connectivity index is 0.00000280. The molecule has 0 atom stereocenters. The van der Waals surface area contributed by atoms with Crippen LogP contribution in [-0.4, -0.2) is 23.0 Å². The summed E-state index contributed by atoms with van der Waals surface area (Å²) in [4.78, 5) is 16.5. The van der Waals surface area contributed by atoms with Crippen molar-refractivity contribution in [3.05, 3.63) is 53.0 Å². The predicted octanol–water partition coefficient (Wildman–Crippen LogP) is 3.96. The van der Waals surface area contributed by atoms with Gasteiger partial charge in [-0.3, -0.25) is 4.79 Å². The van der Waals surface area contributed by atoms with Crippen LogP contribution in [0.2, 0.25) is 0 Å². The molecule has 2 aromatic rings. The van der Waals surface area contributed by atoms with E-state index in [9.17, 15) is 18.0 Å². The second-order valence-corrected chi connectivity index (χ2v) is 6.85. The molecule has 9 heteroatoms. The molecule has 1 aromatic carbocycles. The number of benzene rings is 1. The number of halogens is 4. The smallest absolute Gasteiger partial charge is 0.251 e. The molecule has 1 aliphatic carbocycles. The molecule has 0 saturated heterocycles. The first-order valence-electron chi connectivity index (χ1n) is 8.77. The highest BCUT2D eigenvalue weighted by molar-refractivity contribution is 5.94. The summed E-state index contributed by atoms with van der Waals surface area (Å²) in [5, 5.41) is 6.08. The molecule has 0 aliphatic heterocycles. The van der Waals surface area contributed by atoms with Gasteiger partial charge >= 0.3 is 0 Å². The van der Waals surface area contributed by atoms with Crippen LogP contribution in [0, 0.1) is 24.4 Å². The minimum Gasteiger partial charge on any atom is -0.398 e. The second kappa shape index (κ2) is 9.14. The number of pyridine rings is 1. The molecule has 0 unspecified atom stereocenters. The average Bonchev–Trinajstić information content (AvgIpc) is 2.64. The highest BCUT2D eigenvalue weighted by Gasteiger charge is 2.24. The first kappa shape index (κ1) is 21.8. The molecule has 1 fully saturated rings. The molecule has 152 valence electrons. The van der Waals surface area contributed by atoms with Crippen molar-refractivity contribution in [3.8, 4) is 0 Å². The van der Waals surface area contributed by atoms with Gasteiger partial charge in [-0.05, 0) is 50.3 Å². The fourth-order valence-electron chi connectivity index (χ4n) is 3.16. The molecule has 3 rings (SSSR count). The van der Waals surface area contributed by atoms with Crippen molar-refractivity contribution in [3.63, 3.8) is 0 Å². The van der Waals surface area contributed by atoms with E-state index in [4.69, 9.17) is 5.73 Å². The van der Waals surface area contributed by atoms with Gasteiger partial charge in [0.25, 0.3) is 5.91 Å². The van der Waals surface area contributed by atoms with Gasteiger partial charge in [0.15, 0.2) is 17.5 Å². The SMILES string of the molecule is Cc1cnc(NC2CCC(NC(=O)c3cc(F)c(F)c(F)c3)CC2)cc1N.Cl. The fourth-order valence-corrected chi connectivity index (χ4v) is 3.16. The van der Waals surface area contributed by atoms with Crippen LogP contribution in [0.5, 0.6) is 0 Å². The van der Waals surface area contributed by atoms with Crippen LogP contribution in [0.15, 0.2) is 24.4 Å². The zero-order valence-electron chi connectivity index (χ0n) is 15.3. The van der Waals surface area contributed by atoms with Gasteiger partial charge in [0.1, 0.15) is 5.82 Å². The number of anilines is 2. The number of rotatable bonds is 4. The number of nitrogens with one attached hydrogen (secondary N) is 2. The van der Waals surface area contributed by atoms with Gasteiger partial charge in [0.2, 0.25) is 0 Å². The largest absolute Gasteiger partial charge is 0.398 e. The third-order valence-electron chi connectivity index (χ3n) is 4.81. The Morgan fingerprint density at radius 3 is 2.21 bits per heavy atom. The Hall–Kier alpha value is -2.48. The molecular formula is C19H22ClF3N4O. The van der Waals surface area contributed by atoms with Crippen molar-refractivity contribution < 1.29 is 18.0 Å². The molecule has 5 nitrogen and oxygen atoms in total. The third kappa shape index (κ3) is 5.07. The summed E-state index contributed by atoms with van der Waals surface area (Å²) in [7, 11) is 0. The third-order valence-corrected chi connectivity index (χ3v) is 4.81. The van der Waals surface area contributed by atoms with Crippen LogP contribution in [0.25, 0.3) is 0 Å². The van der Waals surface area contributed by atoms with E-state index in [1.807, 2.05) is 6.92 Å². The average molecular weight is 415 g/mol. The first-order chi connectivity index (χ1) is 12.8. The van der Waals surface area contributed by atoms with E-state index in [1.165, 1.54) is 0 Å². The Morgan fingerprint density at radius 2 is 1.64 bits per heavy atom. The number of nitrogen functional groups attached to an aromatic ring is 1. The van der Waals surface area contributed by atoms with Crippen LogP contribution in [0.4, 0.5) is 24.7 Å². The van der Waals surface area contributed by atoms with Crippen molar-refractivity contribution in [2.24, 2.45) is 0 Å². The summed E-state index contributed by atoms with van der Waals surface area (Å²) in [5.41, 5.74) is 7.24. The number of hydrogen-bond acceptors (Lipinski definition) is 4. The Bertz CT molecular complexity index is 834. The molecule has 0 bridgehead atoms. The Labute approximate surface area is 167 Å².